The van der Waals surface area contributed by atoms with Gasteiger partial charge in [-0.25, -0.2) is 0 Å². The summed E-state index contributed by atoms with van der Waals surface area (Å²) in [6.07, 6.45) is 0. The first kappa shape index (κ1) is 9.28. The molecule has 0 saturated carbocycles. The summed E-state index contributed by atoms with van der Waals surface area (Å²) in [7, 11) is -4.05. The van der Waals surface area contributed by atoms with E-state index < -0.39 is 21.8 Å². The van der Waals surface area contributed by atoms with Crippen molar-refractivity contribution < 1.29 is 18.2 Å². The molecule has 0 rings (SSSR count). The summed E-state index contributed by atoms with van der Waals surface area (Å²) >= 11 is 4.95. The average molecular weight is 176 g/mol. The highest BCUT2D eigenvalue weighted by Crippen LogP contribution is 2.07. The molecule has 0 aromatic rings. The molecular formula is C2H6ClNO4S+. The van der Waals surface area contributed by atoms with Crippen LogP contribution in [0.2, 0.25) is 0 Å². The fourth-order valence-electron chi connectivity index (χ4n) is 0.141. The van der Waals surface area contributed by atoms with Gasteiger partial charge in [-0.3, -0.25) is 0 Å². The van der Waals surface area contributed by atoms with Crippen molar-refractivity contribution in [1.29, 1.82) is 0 Å². The maximum atomic E-state index is 10.2. The zero-order valence-corrected chi connectivity index (χ0v) is 5.89. The molecule has 0 spiro atoms. The first-order valence-corrected chi connectivity index (χ1v) is 3.91. The predicted octanol–water partition coefficient (Wildman–Crippen LogP) is -0.806. The quantitative estimate of drug-likeness (QED) is 0.334. The molecule has 0 aliphatic carbocycles. The van der Waals surface area contributed by atoms with E-state index in [1.54, 1.807) is 0 Å². The summed E-state index contributed by atoms with van der Waals surface area (Å²) < 4.78 is 23.9. The van der Waals surface area contributed by atoms with Gasteiger partial charge in [-0.2, -0.15) is 5.90 Å². The van der Waals surface area contributed by atoms with Crippen molar-refractivity contribution >= 4 is 22.1 Å². The van der Waals surface area contributed by atoms with Gasteiger partial charge in [0.1, 0.15) is 5.88 Å². The van der Waals surface area contributed by atoms with Crippen LogP contribution in [0, 0.1) is 0 Å². The van der Waals surface area contributed by atoms with Gasteiger partial charge in [0.2, 0.25) is 0 Å². The Morgan fingerprint density at radius 2 is 2.33 bits per heavy atom. The Hall–Kier alpha value is 0.280. The monoisotopic (exact) mass is 175 g/mol. The number of alkyl halides is 1. The molecule has 0 aliphatic rings. The number of aliphatic hydroxyl groups excluding tert-OH is 1. The van der Waals surface area contributed by atoms with Crippen LogP contribution in [0.4, 0.5) is 0 Å². The fourth-order valence-corrected chi connectivity index (χ4v) is 0.887. The minimum atomic E-state index is -4.05. The summed E-state index contributed by atoms with van der Waals surface area (Å²) in [6.45, 7) is 0. The molecule has 0 aromatic heterocycles. The second kappa shape index (κ2) is 3.45. The highest BCUT2D eigenvalue weighted by atomic mass is 35.5. The van der Waals surface area contributed by atoms with Crippen molar-refractivity contribution in [3.8, 4) is 0 Å². The van der Waals surface area contributed by atoms with Crippen LogP contribution in [0.5, 0.6) is 0 Å². The molecule has 55 valence electrons. The SMILES string of the molecule is NO[S+]([O])(=O)C(O)CCl. The van der Waals surface area contributed by atoms with Gasteiger partial charge < -0.3 is 5.11 Å². The summed E-state index contributed by atoms with van der Waals surface area (Å²) in [4.78, 5) is 0. The van der Waals surface area contributed by atoms with Gasteiger partial charge in [0.05, 0.1) is 4.55 Å². The average Bonchev–Trinajstić information content (AvgIpc) is 1.86. The first-order chi connectivity index (χ1) is 4.04. The third kappa shape index (κ3) is 2.57. The second-order valence-corrected chi connectivity index (χ2v) is 3.23. The summed E-state index contributed by atoms with van der Waals surface area (Å²) in [5.41, 5.74) is -1.75. The second-order valence-electron chi connectivity index (χ2n) is 1.20. The molecule has 0 amide bonds. The van der Waals surface area contributed by atoms with Gasteiger partial charge in [0.15, 0.2) is 0 Å². The van der Waals surface area contributed by atoms with Crippen molar-refractivity contribution in [2.24, 2.45) is 5.90 Å². The van der Waals surface area contributed by atoms with E-state index in [2.05, 4.69) is 10.2 Å². The fraction of sp³-hybridized carbons (Fsp3) is 1.00. The third-order valence-electron chi connectivity index (χ3n) is 0.599. The molecule has 7 heteroatoms. The lowest BCUT2D eigenvalue weighted by Gasteiger charge is -1.98. The van der Waals surface area contributed by atoms with Crippen LogP contribution < -0.4 is 5.90 Å². The Morgan fingerprint density at radius 1 is 1.89 bits per heavy atom. The topological polar surface area (TPSA) is 92.5 Å². The minimum absolute atomic E-state index is 0.459. The maximum Gasteiger partial charge on any atom is 0.443 e. The zero-order valence-electron chi connectivity index (χ0n) is 4.32. The Kier molecular flexibility index (Phi) is 3.56. The number of nitrogens with two attached hydrogens (primary N) is 1. The van der Waals surface area contributed by atoms with E-state index in [4.69, 9.17) is 16.7 Å². The lowest BCUT2D eigenvalue weighted by molar-refractivity contribution is 0.186. The van der Waals surface area contributed by atoms with Crippen LogP contribution in [-0.2, 0) is 23.5 Å². The lowest BCUT2D eigenvalue weighted by Crippen LogP contribution is -2.31. The van der Waals surface area contributed by atoms with Gasteiger partial charge in [-0.15, -0.1) is 11.6 Å². The number of hydrogen-bond acceptors (Lipinski definition) is 4. The van der Waals surface area contributed by atoms with Crippen molar-refractivity contribution in [1.82, 2.24) is 0 Å². The predicted molar refractivity (Wildman–Crippen MR) is 30.7 cm³/mol. The van der Waals surface area contributed by atoms with E-state index in [1.807, 2.05) is 0 Å². The third-order valence-corrected chi connectivity index (χ3v) is 2.18. The minimum Gasteiger partial charge on any atom is -0.344 e. The van der Waals surface area contributed by atoms with Gasteiger partial charge in [0.25, 0.3) is 0 Å². The molecule has 2 atom stereocenters. The van der Waals surface area contributed by atoms with Gasteiger partial charge >= 0.3 is 15.9 Å². The Bertz CT molecular complexity index is 130. The van der Waals surface area contributed by atoms with Crippen molar-refractivity contribution in [2.75, 3.05) is 5.88 Å². The van der Waals surface area contributed by atoms with E-state index in [1.165, 1.54) is 0 Å². The molecular weight excluding hydrogens is 170 g/mol. The van der Waals surface area contributed by atoms with Crippen LogP contribution in [0.25, 0.3) is 0 Å². The molecule has 0 heterocycles. The molecule has 0 aromatic carbocycles. The largest absolute Gasteiger partial charge is 0.443 e. The molecule has 0 saturated heterocycles. The highest BCUT2D eigenvalue weighted by molar-refractivity contribution is 7.93. The lowest BCUT2D eigenvalue weighted by atomic mass is 10.9. The Balaban J connectivity index is 3.98. The molecule has 2 unspecified atom stereocenters. The van der Waals surface area contributed by atoms with Crippen molar-refractivity contribution in [2.45, 2.75) is 5.44 Å². The molecule has 9 heavy (non-hydrogen) atoms. The van der Waals surface area contributed by atoms with Crippen LogP contribution in [0.1, 0.15) is 0 Å². The van der Waals surface area contributed by atoms with Gasteiger partial charge in [-0.1, -0.05) is 0 Å². The van der Waals surface area contributed by atoms with Crippen LogP contribution in [0.3, 0.4) is 0 Å². The van der Waals surface area contributed by atoms with E-state index in [0.29, 0.717) is 0 Å². The molecule has 5 nitrogen and oxygen atoms in total. The van der Waals surface area contributed by atoms with E-state index in [-0.39, 0.29) is 0 Å². The van der Waals surface area contributed by atoms with Gasteiger partial charge in [0, 0.05) is 0 Å². The highest BCUT2D eigenvalue weighted by Gasteiger charge is 2.40. The standard InChI is InChI=1S/C2H6ClNO4S/c3-1-2(5)9(6,7)8-4/h2,5H,1,4H2/q+1. The van der Waals surface area contributed by atoms with Crippen LogP contribution in [-0.4, -0.2) is 16.4 Å². The number of rotatable bonds is 3. The Labute approximate surface area is 58.2 Å². The van der Waals surface area contributed by atoms with E-state index >= 15 is 0 Å². The smallest absolute Gasteiger partial charge is 0.344 e. The van der Waals surface area contributed by atoms with E-state index in [0.717, 1.165) is 0 Å². The van der Waals surface area contributed by atoms with Gasteiger partial charge in [-0.05, 0) is 8.49 Å². The molecule has 3 N–H and O–H groups in total. The maximum absolute atomic E-state index is 10.2. The normalized spacial score (nSPS) is 20.9. The van der Waals surface area contributed by atoms with Crippen LogP contribution in [0.15, 0.2) is 0 Å². The molecule has 0 aliphatic heterocycles. The summed E-state index contributed by atoms with van der Waals surface area (Å²) in [6, 6.07) is 0. The number of aliphatic hydroxyl groups is 1. The summed E-state index contributed by atoms with van der Waals surface area (Å²) in [5.74, 6) is 3.82. The van der Waals surface area contributed by atoms with Crippen molar-refractivity contribution in [3.05, 3.63) is 0 Å². The summed E-state index contributed by atoms with van der Waals surface area (Å²) in [5, 5.41) is 8.46. The Morgan fingerprint density at radius 3 is 2.44 bits per heavy atom. The van der Waals surface area contributed by atoms with Crippen LogP contribution >= 0.6 is 11.6 Å². The zero-order chi connectivity index (χ0) is 7.49. The molecule has 1 radical (unpaired) electrons. The molecule has 0 bridgehead atoms. The number of hydrogen-bond donors (Lipinski definition) is 2. The number of halogens is 1. The first-order valence-electron chi connectivity index (χ1n) is 1.91. The molecule has 0 fully saturated rings. The van der Waals surface area contributed by atoms with E-state index in [9.17, 15) is 8.76 Å². The van der Waals surface area contributed by atoms with Crippen molar-refractivity contribution in [3.63, 3.8) is 0 Å².